The molecule has 6 nitrogen and oxygen atoms in total. The number of benzene rings is 2. The fourth-order valence-corrected chi connectivity index (χ4v) is 3.82. The molecule has 146 valence electrons. The van der Waals surface area contributed by atoms with Gasteiger partial charge < -0.3 is 15.4 Å². The predicted molar refractivity (Wildman–Crippen MR) is 112 cm³/mol. The number of hydrogen-bond donors (Lipinski definition) is 2. The molecule has 0 saturated heterocycles. The van der Waals surface area contributed by atoms with Crippen molar-refractivity contribution in [2.45, 2.75) is 45.8 Å². The fraction of sp³-hybridized carbons (Fsp3) is 0.364. The Morgan fingerprint density at radius 3 is 2.71 bits per heavy atom. The number of unbranched alkanes of at least 4 members (excludes halogenated alkanes) is 1. The summed E-state index contributed by atoms with van der Waals surface area (Å²) < 4.78 is 4.31. The van der Waals surface area contributed by atoms with E-state index in [4.69, 9.17) is 15.8 Å². The highest BCUT2D eigenvalue weighted by atomic mass is 16.2. The molecule has 4 rings (SSSR count). The number of nitrogens with two attached hydrogens (primary N) is 1. The third-order valence-corrected chi connectivity index (χ3v) is 5.28. The Hall–Kier alpha value is -2.70. The van der Waals surface area contributed by atoms with Gasteiger partial charge in [-0.05, 0) is 43.0 Å². The molecule has 0 spiro atoms. The first-order valence-electron chi connectivity index (χ1n) is 9.98. The first-order valence-corrected chi connectivity index (χ1v) is 9.98. The third kappa shape index (κ3) is 3.41. The Labute approximate surface area is 164 Å². The van der Waals surface area contributed by atoms with Gasteiger partial charge in [-0.1, -0.05) is 31.2 Å². The lowest BCUT2D eigenvalue weighted by molar-refractivity contribution is 0.281. The minimum Gasteiger partial charge on any atom is -0.396 e. The quantitative estimate of drug-likeness (QED) is 0.462. The van der Waals surface area contributed by atoms with Crippen molar-refractivity contribution in [2.75, 3.05) is 6.61 Å². The number of imidazole rings is 1. The number of rotatable bonds is 8. The Morgan fingerprint density at radius 2 is 1.93 bits per heavy atom. The maximum absolute atomic E-state index is 9.18. The highest BCUT2D eigenvalue weighted by Gasteiger charge is 2.15. The molecule has 3 N–H and O–H groups in total. The van der Waals surface area contributed by atoms with E-state index in [-0.39, 0.29) is 6.61 Å². The van der Waals surface area contributed by atoms with Crippen molar-refractivity contribution in [1.82, 2.24) is 19.3 Å². The summed E-state index contributed by atoms with van der Waals surface area (Å²) in [5, 5.41) is 15.2. The SMILES string of the molecule is CCc1nn(Cc2nc3cc(CN)ccc3n2CCCCO)c2ccccc12. The normalized spacial score (nSPS) is 11.7. The number of hydrogen-bond acceptors (Lipinski definition) is 4. The lowest BCUT2D eigenvalue weighted by Gasteiger charge is -2.10. The largest absolute Gasteiger partial charge is 0.396 e. The molecular formula is C22H27N5O. The average molecular weight is 377 g/mol. The average Bonchev–Trinajstić information content (AvgIpc) is 3.26. The number of aryl methyl sites for hydroxylation is 2. The Balaban J connectivity index is 1.78. The van der Waals surface area contributed by atoms with E-state index in [9.17, 15) is 5.11 Å². The van der Waals surface area contributed by atoms with Gasteiger partial charge in [0.25, 0.3) is 0 Å². The van der Waals surface area contributed by atoms with Crippen molar-refractivity contribution >= 4 is 21.9 Å². The van der Waals surface area contributed by atoms with E-state index in [1.165, 1.54) is 5.39 Å². The van der Waals surface area contributed by atoms with Gasteiger partial charge in [-0.2, -0.15) is 5.10 Å². The van der Waals surface area contributed by atoms with Crippen LogP contribution in [0.2, 0.25) is 0 Å². The summed E-state index contributed by atoms with van der Waals surface area (Å²) in [5.41, 5.74) is 11.2. The van der Waals surface area contributed by atoms with Crippen molar-refractivity contribution in [3.8, 4) is 0 Å². The smallest absolute Gasteiger partial charge is 0.131 e. The summed E-state index contributed by atoms with van der Waals surface area (Å²) in [6, 6.07) is 14.6. The van der Waals surface area contributed by atoms with Gasteiger partial charge in [0, 0.05) is 25.1 Å². The summed E-state index contributed by atoms with van der Waals surface area (Å²) >= 11 is 0. The molecular weight excluding hydrogens is 350 g/mol. The van der Waals surface area contributed by atoms with E-state index in [2.05, 4.69) is 58.6 Å². The number of aromatic nitrogens is 4. The zero-order chi connectivity index (χ0) is 19.5. The van der Waals surface area contributed by atoms with Gasteiger partial charge in [0.05, 0.1) is 28.8 Å². The molecule has 0 saturated carbocycles. The number of aliphatic hydroxyl groups is 1. The molecule has 0 atom stereocenters. The molecule has 0 aliphatic heterocycles. The zero-order valence-corrected chi connectivity index (χ0v) is 16.3. The number of para-hydroxylation sites is 1. The van der Waals surface area contributed by atoms with Crippen molar-refractivity contribution in [1.29, 1.82) is 0 Å². The summed E-state index contributed by atoms with van der Waals surface area (Å²) in [6.45, 7) is 4.30. The molecule has 0 unspecified atom stereocenters. The Bertz CT molecular complexity index is 1100. The van der Waals surface area contributed by atoms with E-state index < -0.39 is 0 Å². The van der Waals surface area contributed by atoms with E-state index in [0.29, 0.717) is 13.1 Å². The minimum atomic E-state index is 0.211. The predicted octanol–water partition coefficient (Wildman–Crippen LogP) is 3.23. The molecule has 0 radical (unpaired) electrons. The molecule has 0 fully saturated rings. The second-order valence-electron chi connectivity index (χ2n) is 7.11. The van der Waals surface area contributed by atoms with Crippen LogP contribution in [0.15, 0.2) is 42.5 Å². The van der Waals surface area contributed by atoms with Gasteiger partial charge >= 0.3 is 0 Å². The topological polar surface area (TPSA) is 81.9 Å². The Kier molecular flexibility index (Phi) is 5.41. The first kappa shape index (κ1) is 18.7. The summed E-state index contributed by atoms with van der Waals surface area (Å²) in [4.78, 5) is 4.92. The van der Waals surface area contributed by atoms with E-state index in [1.807, 2.05) is 0 Å². The van der Waals surface area contributed by atoms with Crippen LogP contribution in [-0.2, 0) is 26.1 Å². The molecule has 0 aliphatic rings. The molecule has 0 amide bonds. The molecule has 4 aromatic rings. The van der Waals surface area contributed by atoms with Crippen LogP contribution in [0.1, 0.15) is 36.8 Å². The van der Waals surface area contributed by atoms with Crippen LogP contribution in [0.25, 0.3) is 21.9 Å². The lowest BCUT2D eigenvalue weighted by Crippen LogP contribution is -2.10. The standard InChI is InChI=1S/C22H27N5O/c1-2-18-17-7-3-4-8-20(17)27(25-18)15-22-24-19-13-16(14-23)9-10-21(19)26(22)11-5-6-12-28/h3-4,7-10,13,28H,2,5-6,11-12,14-15,23H2,1H3. The maximum Gasteiger partial charge on any atom is 0.131 e. The van der Waals surface area contributed by atoms with Crippen molar-refractivity contribution in [3.05, 3.63) is 59.5 Å². The molecule has 0 aliphatic carbocycles. The molecule has 6 heteroatoms. The van der Waals surface area contributed by atoms with E-state index >= 15 is 0 Å². The van der Waals surface area contributed by atoms with Crippen molar-refractivity contribution < 1.29 is 5.11 Å². The summed E-state index contributed by atoms with van der Waals surface area (Å²) in [7, 11) is 0. The lowest BCUT2D eigenvalue weighted by atomic mass is 10.2. The number of aliphatic hydroxyl groups excluding tert-OH is 1. The van der Waals surface area contributed by atoms with E-state index in [1.54, 1.807) is 0 Å². The van der Waals surface area contributed by atoms with Gasteiger partial charge in [0.1, 0.15) is 5.82 Å². The monoisotopic (exact) mass is 377 g/mol. The number of nitrogens with zero attached hydrogens (tertiary/aromatic N) is 4. The van der Waals surface area contributed by atoms with Gasteiger partial charge in [0.15, 0.2) is 0 Å². The molecule has 2 heterocycles. The van der Waals surface area contributed by atoms with Crippen LogP contribution in [0.3, 0.4) is 0 Å². The minimum absolute atomic E-state index is 0.211. The second kappa shape index (κ2) is 8.12. The molecule has 0 bridgehead atoms. The van der Waals surface area contributed by atoms with Gasteiger partial charge in [0.2, 0.25) is 0 Å². The molecule has 2 aromatic carbocycles. The Morgan fingerprint density at radius 1 is 1.07 bits per heavy atom. The third-order valence-electron chi connectivity index (χ3n) is 5.28. The maximum atomic E-state index is 9.18. The van der Waals surface area contributed by atoms with Crippen LogP contribution in [0, 0.1) is 0 Å². The van der Waals surface area contributed by atoms with Gasteiger partial charge in [-0.15, -0.1) is 0 Å². The second-order valence-corrected chi connectivity index (χ2v) is 7.11. The van der Waals surface area contributed by atoms with Crippen LogP contribution >= 0.6 is 0 Å². The van der Waals surface area contributed by atoms with E-state index in [0.717, 1.165) is 59.4 Å². The highest BCUT2D eigenvalue weighted by molar-refractivity contribution is 5.82. The van der Waals surface area contributed by atoms with Gasteiger partial charge in [-0.25, -0.2) is 4.98 Å². The van der Waals surface area contributed by atoms with Crippen molar-refractivity contribution in [2.24, 2.45) is 5.73 Å². The van der Waals surface area contributed by atoms with Crippen LogP contribution in [0.4, 0.5) is 0 Å². The van der Waals surface area contributed by atoms with Crippen LogP contribution < -0.4 is 5.73 Å². The summed E-state index contributed by atoms with van der Waals surface area (Å²) in [6.07, 6.45) is 2.60. The molecule has 2 aromatic heterocycles. The summed E-state index contributed by atoms with van der Waals surface area (Å²) in [5.74, 6) is 0.984. The highest BCUT2D eigenvalue weighted by Crippen LogP contribution is 2.23. The van der Waals surface area contributed by atoms with Crippen molar-refractivity contribution in [3.63, 3.8) is 0 Å². The zero-order valence-electron chi connectivity index (χ0n) is 16.3. The van der Waals surface area contributed by atoms with Crippen LogP contribution in [-0.4, -0.2) is 31.0 Å². The number of fused-ring (bicyclic) bond motifs is 2. The fourth-order valence-electron chi connectivity index (χ4n) is 3.82. The first-order chi connectivity index (χ1) is 13.7. The molecule has 28 heavy (non-hydrogen) atoms. The van der Waals surface area contributed by atoms with Gasteiger partial charge in [-0.3, -0.25) is 4.68 Å². The van der Waals surface area contributed by atoms with Crippen LogP contribution in [0.5, 0.6) is 0 Å².